The second-order valence-electron chi connectivity index (χ2n) is 6.96. The number of thiazole rings is 1. The highest BCUT2D eigenvalue weighted by molar-refractivity contribution is 8.01. The highest BCUT2D eigenvalue weighted by Gasteiger charge is 2.27. The van der Waals surface area contributed by atoms with Crippen molar-refractivity contribution >= 4 is 62.3 Å². The van der Waals surface area contributed by atoms with Crippen molar-refractivity contribution < 1.29 is 24.4 Å². The van der Waals surface area contributed by atoms with Gasteiger partial charge in [-0.05, 0) is 24.3 Å². The van der Waals surface area contributed by atoms with Crippen LogP contribution < -0.4 is 5.32 Å². The summed E-state index contributed by atoms with van der Waals surface area (Å²) in [7, 11) is 0. The van der Waals surface area contributed by atoms with Gasteiger partial charge in [-0.25, -0.2) is 9.78 Å². The van der Waals surface area contributed by atoms with Gasteiger partial charge < -0.3 is 10.4 Å². The van der Waals surface area contributed by atoms with Gasteiger partial charge in [0, 0.05) is 17.3 Å². The zero-order valence-corrected chi connectivity index (χ0v) is 18.9. The van der Waals surface area contributed by atoms with Gasteiger partial charge in [0.1, 0.15) is 5.56 Å². The highest BCUT2D eigenvalue weighted by Crippen LogP contribution is 2.32. The van der Waals surface area contributed by atoms with E-state index in [1.165, 1.54) is 35.2 Å². The standard InChI is InChI=1S/C23H15N3O6S2/c27-18(13-5-2-1-3-6-13)12-33-23-25-16-10-9-14(11-19(16)34-23)24-21(28)15-7-4-8-17(26(31)32)20(15)22(29)30/h1-11H,12H2,(H,24,28)(H,29,30). The predicted molar refractivity (Wildman–Crippen MR) is 129 cm³/mol. The maximum absolute atomic E-state index is 12.7. The summed E-state index contributed by atoms with van der Waals surface area (Å²) in [6.45, 7) is 0. The first-order valence-electron chi connectivity index (χ1n) is 9.77. The van der Waals surface area contributed by atoms with E-state index in [1.807, 2.05) is 6.07 Å². The number of nitro benzene ring substituents is 1. The SMILES string of the molecule is O=C(CSc1nc2ccc(NC(=O)c3cccc([N+](=O)[O-])c3C(=O)O)cc2s1)c1ccccc1. The number of thioether (sulfide) groups is 1. The van der Waals surface area contributed by atoms with Gasteiger partial charge in [-0.1, -0.05) is 48.2 Å². The summed E-state index contributed by atoms with van der Waals surface area (Å²) in [4.78, 5) is 51.4. The lowest BCUT2D eigenvalue weighted by Crippen LogP contribution is -2.17. The van der Waals surface area contributed by atoms with Crippen molar-refractivity contribution in [3.05, 3.63) is 93.5 Å². The van der Waals surface area contributed by atoms with Crippen LogP contribution in [0.15, 0.2) is 71.1 Å². The maximum Gasteiger partial charge on any atom is 0.343 e. The number of carbonyl (C=O) groups excluding carboxylic acids is 2. The van der Waals surface area contributed by atoms with Crippen LogP contribution >= 0.6 is 23.1 Å². The van der Waals surface area contributed by atoms with Crippen LogP contribution in [-0.4, -0.2) is 38.4 Å². The first-order chi connectivity index (χ1) is 16.3. The average molecular weight is 494 g/mol. The highest BCUT2D eigenvalue weighted by atomic mass is 32.2. The fourth-order valence-corrected chi connectivity index (χ4v) is 5.18. The largest absolute Gasteiger partial charge is 0.477 e. The molecule has 4 aromatic rings. The number of aromatic nitrogens is 1. The number of carbonyl (C=O) groups is 3. The van der Waals surface area contributed by atoms with Crippen LogP contribution in [0.2, 0.25) is 0 Å². The Bertz CT molecular complexity index is 1440. The molecule has 0 unspecified atom stereocenters. The number of nitrogens with zero attached hydrogens (tertiary/aromatic N) is 2. The van der Waals surface area contributed by atoms with Crippen molar-refractivity contribution in [3.8, 4) is 0 Å². The number of nitrogens with one attached hydrogen (secondary N) is 1. The Labute approximate surface area is 200 Å². The van der Waals surface area contributed by atoms with Crippen molar-refractivity contribution in [2.24, 2.45) is 0 Å². The Morgan fingerprint density at radius 3 is 2.53 bits per heavy atom. The number of amides is 1. The number of ketones is 1. The smallest absolute Gasteiger partial charge is 0.343 e. The molecule has 0 spiro atoms. The molecule has 9 nitrogen and oxygen atoms in total. The van der Waals surface area contributed by atoms with E-state index in [1.54, 1.807) is 42.5 Å². The molecule has 0 aliphatic rings. The van der Waals surface area contributed by atoms with Crippen molar-refractivity contribution in [1.82, 2.24) is 4.98 Å². The number of Topliss-reactive ketones (excluding diaryl/α,β-unsaturated/α-hetero) is 1. The lowest BCUT2D eigenvalue weighted by atomic mass is 10.0. The zero-order valence-electron chi connectivity index (χ0n) is 17.3. The summed E-state index contributed by atoms with van der Waals surface area (Å²) >= 11 is 2.67. The van der Waals surface area contributed by atoms with E-state index in [2.05, 4.69) is 10.3 Å². The van der Waals surface area contributed by atoms with Crippen molar-refractivity contribution in [2.75, 3.05) is 11.1 Å². The molecule has 2 N–H and O–H groups in total. The third-order valence-electron chi connectivity index (χ3n) is 4.75. The molecule has 0 saturated carbocycles. The molecule has 0 atom stereocenters. The topological polar surface area (TPSA) is 140 Å². The van der Waals surface area contributed by atoms with Gasteiger partial charge in [0.2, 0.25) is 0 Å². The minimum atomic E-state index is -1.57. The van der Waals surface area contributed by atoms with Gasteiger partial charge >= 0.3 is 5.97 Å². The Hall–Kier alpha value is -4.09. The summed E-state index contributed by atoms with van der Waals surface area (Å²) in [5, 5.41) is 23.2. The predicted octanol–water partition coefficient (Wildman–Crippen LogP) is 5.13. The number of fused-ring (bicyclic) bond motifs is 1. The molecular weight excluding hydrogens is 478 g/mol. The van der Waals surface area contributed by atoms with E-state index in [0.29, 0.717) is 21.1 Å². The molecule has 0 aliphatic carbocycles. The van der Waals surface area contributed by atoms with E-state index in [-0.39, 0.29) is 17.1 Å². The molecule has 0 radical (unpaired) electrons. The van der Waals surface area contributed by atoms with Crippen LogP contribution in [0, 0.1) is 10.1 Å². The van der Waals surface area contributed by atoms with Crippen molar-refractivity contribution in [2.45, 2.75) is 4.34 Å². The summed E-state index contributed by atoms with van der Waals surface area (Å²) in [6.07, 6.45) is 0. The Morgan fingerprint density at radius 1 is 1.06 bits per heavy atom. The van der Waals surface area contributed by atoms with Gasteiger partial charge in [-0.15, -0.1) is 11.3 Å². The van der Waals surface area contributed by atoms with Gasteiger partial charge in [0.25, 0.3) is 11.6 Å². The quantitative estimate of drug-likeness (QED) is 0.149. The Kier molecular flexibility index (Phi) is 6.66. The minimum absolute atomic E-state index is 0.0102. The van der Waals surface area contributed by atoms with Crippen LogP contribution in [0.4, 0.5) is 11.4 Å². The van der Waals surface area contributed by atoms with Crippen LogP contribution in [-0.2, 0) is 0 Å². The number of rotatable bonds is 8. The number of carboxylic acid groups (broad SMARTS) is 1. The Morgan fingerprint density at radius 2 is 1.82 bits per heavy atom. The first-order valence-corrected chi connectivity index (χ1v) is 11.6. The van der Waals surface area contributed by atoms with Gasteiger partial charge in [0.15, 0.2) is 10.1 Å². The number of benzene rings is 3. The number of hydrogen-bond acceptors (Lipinski definition) is 8. The van der Waals surface area contributed by atoms with Crippen molar-refractivity contribution in [1.29, 1.82) is 0 Å². The minimum Gasteiger partial charge on any atom is -0.477 e. The number of aromatic carboxylic acids is 1. The normalized spacial score (nSPS) is 10.7. The average Bonchev–Trinajstić information content (AvgIpc) is 3.24. The van der Waals surface area contributed by atoms with Crippen LogP contribution in [0.25, 0.3) is 10.2 Å². The molecule has 0 bridgehead atoms. The van der Waals surface area contributed by atoms with Crippen LogP contribution in [0.3, 0.4) is 0 Å². The van der Waals surface area contributed by atoms with Gasteiger partial charge in [-0.2, -0.15) is 0 Å². The fraction of sp³-hybridized carbons (Fsp3) is 0.0435. The number of hydrogen-bond donors (Lipinski definition) is 2. The maximum atomic E-state index is 12.7. The van der Waals surface area contributed by atoms with E-state index in [4.69, 9.17) is 0 Å². The van der Waals surface area contributed by atoms with Crippen LogP contribution in [0.1, 0.15) is 31.1 Å². The summed E-state index contributed by atoms with van der Waals surface area (Å²) < 4.78 is 1.44. The molecule has 3 aromatic carbocycles. The van der Waals surface area contributed by atoms with E-state index >= 15 is 0 Å². The fourth-order valence-electron chi connectivity index (χ4n) is 3.18. The Balaban J connectivity index is 1.51. The second kappa shape index (κ2) is 9.81. The van der Waals surface area contributed by atoms with Gasteiger partial charge in [0.05, 0.1) is 26.5 Å². The van der Waals surface area contributed by atoms with Crippen LogP contribution in [0.5, 0.6) is 0 Å². The lowest BCUT2D eigenvalue weighted by Gasteiger charge is -2.08. The van der Waals surface area contributed by atoms with Crippen molar-refractivity contribution in [3.63, 3.8) is 0 Å². The molecule has 0 aliphatic heterocycles. The molecule has 0 saturated heterocycles. The molecular formula is C23H15N3O6S2. The second-order valence-corrected chi connectivity index (χ2v) is 9.21. The number of anilines is 1. The molecule has 170 valence electrons. The number of carboxylic acids is 1. The molecule has 1 amide bonds. The lowest BCUT2D eigenvalue weighted by molar-refractivity contribution is -0.385. The monoisotopic (exact) mass is 493 g/mol. The molecule has 0 fully saturated rings. The summed E-state index contributed by atoms with van der Waals surface area (Å²) in [5.41, 5.74) is 0.0281. The van der Waals surface area contributed by atoms with Gasteiger partial charge in [-0.3, -0.25) is 19.7 Å². The summed E-state index contributed by atoms with van der Waals surface area (Å²) in [6, 6.07) is 17.4. The van der Waals surface area contributed by atoms with E-state index < -0.39 is 28.1 Å². The first kappa shape index (κ1) is 23.1. The summed E-state index contributed by atoms with van der Waals surface area (Å²) in [5.74, 6) is -2.13. The molecule has 4 rings (SSSR count). The third kappa shape index (κ3) is 4.95. The molecule has 34 heavy (non-hydrogen) atoms. The third-order valence-corrected chi connectivity index (χ3v) is 6.91. The number of nitro groups is 1. The molecule has 1 aromatic heterocycles. The molecule has 1 heterocycles. The van der Waals surface area contributed by atoms with E-state index in [0.717, 1.165) is 10.8 Å². The zero-order chi connectivity index (χ0) is 24.2. The van der Waals surface area contributed by atoms with E-state index in [9.17, 15) is 29.6 Å². The molecule has 11 heteroatoms.